The van der Waals surface area contributed by atoms with Crippen LogP contribution in [0.5, 0.6) is 11.7 Å². The van der Waals surface area contributed by atoms with Gasteiger partial charge in [-0.2, -0.15) is 0 Å². The first-order valence-electron chi connectivity index (χ1n) is 9.75. The smallest absolute Gasteiger partial charge is 0.497 e. The van der Waals surface area contributed by atoms with Crippen molar-refractivity contribution in [2.24, 2.45) is 0 Å². The Morgan fingerprint density at radius 1 is 0.968 bits per heavy atom. The number of carbonyl (C=O) groups is 1. The van der Waals surface area contributed by atoms with Crippen molar-refractivity contribution >= 4 is 17.1 Å². The van der Waals surface area contributed by atoms with E-state index in [2.05, 4.69) is 5.16 Å². The van der Waals surface area contributed by atoms with Crippen molar-refractivity contribution in [3.05, 3.63) is 60.7 Å². The number of hydrogen-bond acceptors (Lipinski definition) is 7. The zero-order valence-corrected chi connectivity index (χ0v) is 17.7. The monoisotopic (exact) mass is 418 g/mol. The fourth-order valence-electron chi connectivity index (χ4n) is 3.07. The molecule has 7 nitrogen and oxygen atoms in total. The van der Waals surface area contributed by atoms with E-state index in [0.29, 0.717) is 22.7 Å². The van der Waals surface area contributed by atoms with Crippen molar-refractivity contribution in [2.45, 2.75) is 26.4 Å². The molecule has 0 N–H and O–H groups in total. The van der Waals surface area contributed by atoms with Crippen LogP contribution in [-0.4, -0.2) is 29.0 Å². The molecular formula is C24H22N2O5. The second kappa shape index (κ2) is 8.10. The lowest BCUT2D eigenvalue weighted by atomic mass is 10.0. The number of pyridine rings is 1. The SMILES string of the molecule is COc1ccc(-c2noc(OC(=O)OC(C)(C)C)c2-c2ccc3ccccc3n2)cc1. The van der Waals surface area contributed by atoms with Crippen LogP contribution in [-0.2, 0) is 4.74 Å². The summed E-state index contributed by atoms with van der Waals surface area (Å²) in [5.74, 6) is 0.630. The third-order valence-electron chi connectivity index (χ3n) is 4.44. The Bertz CT molecular complexity index is 1220. The minimum absolute atomic E-state index is 0.0807. The number of hydrogen-bond donors (Lipinski definition) is 0. The number of ether oxygens (including phenoxy) is 3. The summed E-state index contributed by atoms with van der Waals surface area (Å²) in [5, 5.41) is 5.15. The predicted molar refractivity (Wildman–Crippen MR) is 116 cm³/mol. The van der Waals surface area contributed by atoms with Gasteiger partial charge in [-0.05, 0) is 57.2 Å². The summed E-state index contributed by atoms with van der Waals surface area (Å²) < 4.78 is 21.3. The first-order chi connectivity index (χ1) is 14.8. The highest BCUT2D eigenvalue weighted by molar-refractivity contribution is 5.87. The summed E-state index contributed by atoms with van der Waals surface area (Å²) in [6.45, 7) is 5.26. The van der Waals surface area contributed by atoms with E-state index in [1.165, 1.54) is 0 Å². The number of nitrogens with zero attached hydrogens (tertiary/aromatic N) is 2. The average Bonchev–Trinajstić information content (AvgIpc) is 3.15. The van der Waals surface area contributed by atoms with Crippen LogP contribution in [0.3, 0.4) is 0 Å². The van der Waals surface area contributed by atoms with Crippen molar-refractivity contribution in [1.29, 1.82) is 0 Å². The molecule has 0 aliphatic carbocycles. The number of carbonyl (C=O) groups excluding carboxylic acids is 1. The van der Waals surface area contributed by atoms with Gasteiger partial charge in [0, 0.05) is 10.9 Å². The van der Waals surface area contributed by atoms with Gasteiger partial charge >= 0.3 is 12.1 Å². The summed E-state index contributed by atoms with van der Waals surface area (Å²) in [6, 6.07) is 18.8. The van der Waals surface area contributed by atoms with Gasteiger partial charge in [0.2, 0.25) is 0 Å². The lowest BCUT2D eigenvalue weighted by molar-refractivity contribution is 0.0148. The van der Waals surface area contributed by atoms with Gasteiger partial charge < -0.3 is 18.7 Å². The number of methoxy groups -OCH3 is 1. The van der Waals surface area contributed by atoms with Crippen molar-refractivity contribution < 1.29 is 23.5 Å². The molecule has 4 aromatic rings. The number of fused-ring (bicyclic) bond motifs is 1. The molecule has 0 atom stereocenters. The van der Waals surface area contributed by atoms with Crippen LogP contribution in [0.2, 0.25) is 0 Å². The molecule has 0 bridgehead atoms. The summed E-state index contributed by atoms with van der Waals surface area (Å²) in [7, 11) is 1.60. The molecule has 0 aliphatic heterocycles. The first kappa shape index (κ1) is 20.4. The maximum absolute atomic E-state index is 12.3. The van der Waals surface area contributed by atoms with E-state index in [1.54, 1.807) is 27.9 Å². The molecule has 158 valence electrons. The van der Waals surface area contributed by atoms with Crippen LogP contribution >= 0.6 is 0 Å². The highest BCUT2D eigenvalue weighted by atomic mass is 16.8. The minimum Gasteiger partial charge on any atom is -0.497 e. The van der Waals surface area contributed by atoms with Crippen molar-refractivity contribution in [3.8, 4) is 34.2 Å². The van der Waals surface area contributed by atoms with Gasteiger partial charge in [0.25, 0.3) is 0 Å². The van der Waals surface area contributed by atoms with Gasteiger partial charge in [0.1, 0.15) is 22.6 Å². The fraction of sp³-hybridized carbons (Fsp3) is 0.208. The van der Waals surface area contributed by atoms with E-state index in [9.17, 15) is 4.79 Å². The van der Waals surface area contributed by atoms with E-state index in [-0.39, 0.29) is 5.95 Å². The molecule has 2 heterocycles. The fourth-order valence-corrected chi connectivity index (χ4v) is 3.07. The van der Waals surface area contributed by atoms with Gasteiger partial charge in [-0.25, -0.2) is 9.78 Å². The molecule has 2 aromatic heterocycles. The highest BCUT2D eigenvalue weighted by Gasteiger charge is 2.27. The Hall–Kier alpha value is -3.87. The van der Waals surface area contributed by atoms with Crippen molar-refractivity contribution in [3.63, 3.8) is 0 Å². The normalized spacial score (nSPS) is 11.4. The maximum Gasteiger partial charge on any atom is 0.516 e. The lowest BCUT2D eigenvalue weighted by Crippen LogP contribution is -2.26. The van der Waals surface area contributed by atoms with Gasteiger partial charge in [-0.3, -0.25) is 0 Å². The molecule has 0 saturated carbocycles. The minimum atomic E-state index is -0.882. The topological polar surface area (TPSA) is 83.7 Å². The molecule has 0 unspecified atom stereocenters. The standard InChI is InChI=1S/C24H22N2O5/c1-24(2,3)30-23(27)29-22-20(19-14-11-15-7-5-6-8-18(15)25-19)21(26-31-22)16-9-12-17(28-4)13-10-16/h5-14H,1-4H3. The summed E-state index contributed by atoms with van der Waals surface area (Å²) >= 11 is 0. The maximum atomic E-state index is 12.3. The quantitative estimate of drug-likeness (QED) is 0.383. The Balaban J connectivity index is 1.81. The summed E-state index contributed by atoms with van der Waals surface area (Å²) in [5.41, 5.74) is 2.35. The molecule has 0 fully saturated rings. The average molecular weight is 418 g/mol. The molecule has 0 saturated heterocycles. The number of benzene rings is 2. The van der Waals surface area contributed by atoms with E-state index in [1.807, 2.05) is 60.7 Å². The molecule has 0 aliphatic rings. The van der Waals surface area contributed by atoms with Crippen molar-refractivity contribution in [2.75, 3.05) is 7.11 Å². The van der Waals surface area contributed by atoms with E-state index in [0.717, 1.165) is 16.5 Å². The van der Waals surface area contributed by atoms with E-state index < -0.39 is 11.8 Å². The predicted octanol–water partition coefficient (Wildman–Crippen LogP) is 5.88. The Labute approximate surface area is 179 Å². The van der Waals surface area contributed by atoms with Crippen LogP contribution < -0.4 is 9.47 Å². The number of rotatable bonds is 4. The summed E-state index contributed by atoms with van der Waals surface area (Å²) in [4.78, 5) is 17.0. The molecule has 2 aromatic carbocycles. The van der Waals surface area contributed by atoms with Crippen LogP contribution in [0.1, 0.15) is 20.8 Å². The van der Waals surface area contributed by atoms with E-state index in [4.69, 9.17) is 23.7 Å². The van der Waals surface area contributed by atoms with Crippen LogP contribution in [0.15, 0.2) is 65.2 Å². The third kappa shape index (κ3) is 4.50. The molecule has 0 amide bonds. The zero-order chi connectivity index (χ0) is 22.0. The summed E-state index contributed by atoms with van der Waals surface area (Å²) in [6.07, 6.45) is -0.882. The molecule has 0 radical (unpaired) electrons. The molecule has 0 spiro atoms. The molecule has 7 heteroatoms. The molecule has 31 heavy (non-hydrogen) atoms. The largest absolute Gasteiger partial charge is 0.516 e. The van der Waals surface area contributed by atoms with Gasteiger partial charge in [0.05, 0.1) is 18.3 Å². The van der Waals surface area contributed by atoms with Crippen molar-refractivity contribution in [1.82, 2.24) is 10.1 Å². The Morgan fingerprint density at radius 3 is 2.42 bits per heavy atom. The van der Waals surface area contributed by atoms with Gasteiger partial charge in [-0.15, -0.1) is 0 Å². The highest BCUT2D eigenvalue weighted by Crippen LogP contribution is 2.39. The Morgan fingerprint density at radius 2 is 1.71 bits per heavy atom. The second-order valence-corrected chi connectivity index (χ2v) is 7.88. The van der Waals surface area contributed by atoms with Crippen LogP contribution in [0, 0.1) is 0 Å². The van der Waals surface area contributed by atoms with Gasteiger partial charge in [-0.1, -0.05) is 29.4 Å². The van der Waals surface area contributed by atoms with E-state index >= 15 is 0 Å². The van der Waals surface area contributed by atoms with Gasteiger partial charge in [0.15, 0.2) is 0 Å². The van der Waals surface area contributed by atoms with Crippen LogP contribution in [0.4, 0.5) is 4.79 Å². The number of para-hydroxylation sites is 1. The first-order valence-corrected chi connectivity index (χ1v) is 9.75. The third-order valence-corrected chi connectivity index (χ3v) is 4.44. The second-order valence-electron chi connectivity index (χ2n) is 7.88. The zero-order valence-electron chi connectivity index (χ0n) is 17.7. The molecule has 4 rings (SSSR count). The number of aromatic nitrogens is 2. The molecular weight excluding hydrogens is 396 g/mol. The Kier molecular flexibility index (Phi) is 5.33. The van der Waals surface area contributed by atoms with Crippen LogP contribution in [0.25, 0.3) is 33.4 Å². The lowest BCUT2D eigenvalue weighted by Gasteiger charge is -2.18.